The average Bonchev–Trinajstić information content (AvgIpc) is 2.92. The van der Waals surface area contributed by atoms with Crippen molar-refractivity contribution < 1.29 is 9.53 Å². The van der Waals surface area contributed by atoms with Gasteiger partial charge in [-0.15, -0.1) is 0 Å². The van der Waals surface area contributed by atoms with Crippen molar-refractivity contribution in [3.05, 3.63) is 17.7 Å². The molecule has 27 heavy (non-hydrogen) atoms. The summed E-state index contributed by atoms with van der Waals surface area (Å²) in [5.41, 5.74) is 1.10. The fraction of sp³-hybridized carbons (Fsp3) is 0.727. The second-order valence-electron chi connectivity index (χ2n) is 8.51. The lowest BCUT2D eigenvalue weighted by Gasteiger charge is -2.38. The summed E-state index contributed by atoms with van der Waals surface area (Å²) in [6, 6.07) is 3.95. The van der Waals surface area contributed by atoms with Gasteiger partial charge in [0.25, 0.3) is 0 Å². The van der Waals surface area contributed by atoms with Crippen LogP contribution in [-0.2, 0) is 11.2 Å². The molecule has 1 aliphatic carbocycles. The molecule has 2 unspecified atom stereocenters. The van der Waals surface area contributed by atoms with E-state index >= 15 is 0 Å². The molecule has 4 rings (SSSR count). The number of unbranched alkanes of at least 4 members (excludes halogenated alkanes) is 1. The summed E-state index contributed by atoms with van der Waals surface area (Å²) in [5, 5.41) is 2.84. The molecule has 3 aliphatic rings. The van der Waals surface area contributed by atoms with E-state index in [0.29, 0.717) is 24.7 Å². The average molecular weight is 372 g/mol. The molecule has 0 bridgehead atoms. The lowest BCUT2D eigenvalue weighted by Crippen LogP contribution is -2.40. The van der Waals surface area contributed by atoms with Crippen LogP contribution in [0.5, 0.6) is 5.88 Å². The summed E-state index contributed by atoms with van der Waals surface area (Å²) >= 11 is 0. The Bertz CT molecular complexity index is 648. The summed E-state index contributed by atoms with van der Waals surface area (Å²) in [5.74, 6) is 3.30. The van der Waals surface area contributed by atoms with Crippen LogP contribution < -0.4 is 10.1 Å². The molecule has 1 amide bonds. The number of rotatable bonds is 6. The molecule has 2 atom stereocenters. The van der Waals surface area contributed by atoms with Crippen LogP contribution in [-0.4, -0.2) is 42.0 Å². The van der Waals surface area contributed by atoms with Crippen LogP contribution in [0.1, 0.15) is 63.4 Å². The van der Waals surface area contributed by atoms with Crippen molar-refractivity contribution in [1.29, 1.82) is 0 Å². The minimum atomic E-state index is 0.0459. The molecular weight excluding hydrogens is 338 g/mol. The summed E-state index contributed by atoms with van der Waals surface area (Å²) in [4.78, 5) is 18.6. The van der Waals surface area contributed by atoms with Gasteiger partial charge in [-0.1, -0.05) is 25.7 Å². The maximum absolute atomic E-state index is 11.5. The van der Waals surface area contributed by atoms with Gasteiger partial charge in [-0.2, -0.15) is 4.98 Å². The van der Waals surface area contributed by atoms with Crippen molar-refractivity contribution in [3.8, 4) is 5.88 Å². The highest BCUT2D eigenvalue weighted by Gasteiger charge is 2.29. The standard InChI is InChI=1S/C22H33N3O2/c26-20-10-8-18-9-11-21(24-22(18)23-20)27-15-5-4-13-25-14-12-17-6-2-1-3-7-19(17)16-25/h9,11,17,19H,1-8,10,12-16H2,(H,23,24,26). The largest absolute Gasteiger partial charge is 0.478 e. The number of carbonyl (C=O) groups is 1. The highest BCUT2D eigenvalue weighted by Crippen LogP contribution is 2.35. The van der Waals surface area contributed by atoms with E-state index in [1.807, 2.05) is 12.1 Å². The van der Waals surface area contributed by atoms with Crippen LogP contribution in [0, 0.1) is 11.8 Å². The number of ether oxygens (including phenoxy) is 1. The zero-order valence-electron chi connectivity index (χ0n) is 16.4. The molecule has 1 saturated heterocycles. The Balaban J connectivity index is 1.16. The number of carbonyl (C=O) groups excluding carboxylic acids is 1. The zero-order chi connectivity index (χ0) is 18.5. The number of aromatic nitrogens is 1. The van der Waals surface area contributed by atoms with E-state index in [1.165, 1.54) is 64.6 Å². The monoisotopic (exact) mass is 371 g/mol. The van der Waals surface area contributed by atoms with Crippen LogP contribution in [0.25, 0.3) is 0 Å². The Morgan fingerprint density at radius 3 is 2.89 bits per heavy atom. The second kappa shape index (κ2) is 9.05. The maximum atomic E-state index is 11.5. The first-order valence-corrected chi connectivity index (χ1v) is 10.9. The van der Waals surface area contributed by atoms with Crippen molar-refractivity contribution >= 4 is 11.7 Å². The highest BCUT2D eigenvalue weighted by molar-refractivity contribution is 5.92. The van der Waals surface area contributed by atoms with Crippen LogP contribution in [0.4, 0.5) is 5.82 Å². The van der Waals surface area contributed by atoms with Gasteiger partial charge in [0.1, 0.15) is 5.82 Å². The van der Waals surface area contributed by atoms with Crippen molar-refractivity contribution in [1.82, 2.24) is 9.88 Å². The zero-order valence-corrected chi connectivity index (χ0v) is 16.4. The Morgan fingerprint density at radius 1 is 1.07 bits per heavy atom. The molecule has 5 heteroatoms. The number of amides is 1. The molecular formula is C22H33N3O2. The van der Waals surface area contributed by atoms with E-state index in [1.54, 1.807) is 0 Å². The Kier molecular flexibility index (Phi) is 6.28. The first-order chi connectivity index (χ1) is 13.3. The molecule has 5 nitrogen and oxygen atoms in total. The van der Waals surface area contributed by atoms with Gasteiger partial charge >= 0.3 is 0 Å². The third-order valence-electron chi connectivity index (χ3n) is 6.58. The number of nitrogens with zero attached hydrogens (tertiary/aromatic N) is 2. The smallest absolute Gasteiger partial charge is 0.225 e. The minimum absolute atomic E-state index is 0.0459. The van der Waals surface area contributed by atoms with Gasteiger partial charge in [0, 0.05) is 19.0 Å². The minimum Gasteiger partial charge on any atom is -0.478 e. The van der Waals surface area contributed by atoms with Gasteiger partial charge in [0.15, 0.2) is 0 Å². The number of fused-ring (bicyclic) bond motifs is 2. The van der Waals surface area contributed by atoms with Crippen LogP contribution in [0.15, 0.2) is 12.1 Å². The number of aryl methyl sites for hydroxylation is 1. The van der Waals surface area contributed by atoms with Crippen molar-refractivity contribution in [3.63, 3.8) is 0 Å². The van der Waals surface area contributed by atoms with Gasteiger partial charge in [-0.25, -0.2) is 0 Å². The van der Waals surface area contributed by atoms with Gasteiger partial charge in [0.05, 0.1) is 6.61 Å². The molecule has 0 aromatic carbocycles. The molecule has 0 spiro atoms. The number of anilines is 1. The molecule has 1 aromatic heterocycles. The van der Waals surface area contributed by atoms with Crippen molar-refractivity contribution in [2.45, 2.75) is 64.2 Å². The summed E-state index contributed by atoms with van der Waals surface area (Å²) < 4.78 is 5.82. The Morgan fingerprint density at radius 2 is 1.96 bits per heavy atom. The number of nitrogens with one attached hydrogen (secondary N) is 1. The molecule has 1 aromatic rings. The Hall–Kier alpha value is -1.62. The van der Waals surface area contributed by atoms with Crippen LogP contribution in [0.2, 0.25) is 0 Å². The number of piperidine rings is 1. The molecule has 2 fully saturated rings. The maximum Gasteiger partial charge on any atom is 0.225 e. The van der Waals surface area contributed by atoms with Gasteiger partial charge in [-0.3, -0.25) is 4.79 Å². The first kappa shape index (κ1) is 18.7. The van der Waals surface area contributed by atoms with E-state index in [-0.39, 0.29) is 5.91 Å². The van der Waals surface area contributed by atoms with Gasteiger partial charge in [0.2, 0.25) is 11.8 Å². The molecule has 1 saturated carbocycles. The Labute approximate surface area is 162 Å². The lowest BCUT2D eigenvalue weighted by molar-refractivity contribution is -0.116. The number of hydrogen-bond acceptors (Lipinski definition) is 4. The van der Waals surface area contributed by atoms with E-state index < -0.39 is 0 Å². The molecule has 3 heterocycles. The molecule has 148 valence electrons. The summed E-state index contributed by atoms with van der Waals surface area (Å²) in [6.07, 6.45) is 12.2. The van der Waals surface area contributed by atoms with Gasteiger partial charge in [-0.05, 0) is 68.7 Å². The summed E-state index contributed by atoms with van der Waals surface area (Å²) in [6.45, 7) is 4.49. The number of likely N-dealkylation sites (tertiary alicyclic amines) is 1. The molecule has 0 radical (unpaired) electrons. The predicted molar refractivity (Wildman–Crippen MR) is 107 cm³/mol. The third-order valence-corrected chi connectivity index (χ3v) is 6.58. The van der Waals surface area contributed by atoms with Crippen LogP contribution >= 0.6 is 0 Å². The summed E-state index contributed by atoms with van der Waals surface area (Å²) in [7, 11) is 0. The SMILES string of the molecule is O=C1CCc2ccc(OCCCCN3CCC4CCCCCC4C3)nc2N1. The van der Waals surface area contributed by atoms with Gasteiger partial charge < -0.3 is 15.0 Å². The second-order valence-corrected chi connectivity index (χ2v) is 8.51. The van der Waals surface area contributed by atoms with Crippen molar-refractivity contribution in [2.24, 2.45) is 11.8 Å². The van der Waals surface area contributed by atoms with E-state index in [2.05, 4.69) is 15.2 Å². The van der Waals surface area contributed by atoms with E-state index in [0.717, 1.165) is 30.2 Å². The van der Waals surface area contributed by atoms with Crippen LogP contribution in [0.3, 0.4) is 0 Å². The number of pyridine rings is 1. The fourth-order valence-electron chi connectivity index (χ4n) is 4.97. The lowest BCUT2D eigenvalue weighted by atomic mass is 9.82. The first-order valence-electron chi connectivity index (χ1n) is 10.9. The topological polar surface area (TPSA) is 54.5 Å². The van der Waals surface area contributed by atoms with E-state index in [9.17, 15) is 4.79 Å². The fourth-order valence-corrected chi connectivity index (χ4v) is 4.97. The van der Waals surface area contributed by atoms with Crippen molar-refractivity contribution in [2.75, 3.05) is 31.6 Å². The normalized spacial score (nSPS) is 25.9. The number of hydrogen-bond donors (Lipinski definition) is 1. The predicted octanol–water partition coefficient (Wildman–Crippen LogP) is 4.03. The molecule has 2 aliphatic heterocycles. The third kappa shape index (κ3) is 5.01. The van der Waals surface area contributed by atoms with E-state index in [4.69, 9.17) is 4.74 Å². The quantitative estimate of drug-likeness (QED) is 0.767. The molecule has 1 N–H and O–H groups in total. The highest BCUT2D eigenvalue weighted by atomic mass is 16.5.